The molecule has 108 valence electrons. The van der Waals surface area contributed by atoms with E-state index >= 15 is 0 Å². The van der Waals surface area contributed by atoms with E-state index < -0.39 is 5.82 Å². The van der Waals surface area contributed by atoms with Crippen LogP contribution in [0, 0.1) is 10.6 Å². The summed E-state index contributed by atoms with van der Waals surface area (Å²) in [7, 11) is 0. The topological polar surface area (TPSA) is 42.2 Å². The number of nitrogens with zero attached hydrogens (tertiary/aromatic N) is 1. The van der Waals surface area contributed by atoms with Crippen LogP contribution in [0.4, 0.5) is 4.39 Å². The Morgan fingerprint density at radius 1 is 1.35 bits per heavy atom. The lowest BCUT2D eigenvalue weighted by Gasteiger charge is -2.16. The highest BCUT2D eigenvalue weighted by Gasteiger charge is 2.09. The van der Waals surface area contributed by atoms with Gasteiger partial charge in [0.05, 0.1) is 37.1 Å². The molecule has 2 N–H and O–H groups in total. The highest BCUT2D eigenvalue weighted by atomic mass is 32.1. The van der Waals surface area contributed by atoms with Crippen LogP contribution in [0.25, 0.3) is 10.9 Å². The smallest absolute Gasteiger partial charge is 0.262 e. The number of rotatable bonds is 5. The maximum Gasteiger partial charge on any atom is 0.262 e. The Balaban J connectivity index is 2.43. The van der Waals surface area contributed by atoms with Crippen LogP contribution in [-0.4, -0.2) is 29.2 Å². The van der Waals surface area contributed by atoms with Gasteiger partial charge >= 0.3 is 0 Å². The average molecular weight is 296 g/mol. The van der Waals surface area contributed by atoms with Crippen molar-refractivity contribution < 1.29 is 9.29 Å². The van der Waals surface area contributed by atoms with Crippen molar-refractivity contribution in [3.8, 4) is 0 Å². The van der Waals surface area contributed by atoms with E-state index in [2.05, 4.69) is 18.8 Å². The van der Waals surface area contributed by atoms with Gasteiger partial charge in [0.25, 0.3) is 5.56 Å². The number of fused-ring (bicyclic) bond motifs is 1. The molecule has 2 aromatic rings. The number of halogens is 1. The fourth-order valence-corrected chi connectivity index (χ4v) is 2.58. The Labute approximate surface area is 121 Å². The van der Waals surface area contributed by atoms with Gasteiger partial charge in [-0.1, -0.05) is 0 Å². The first-order chi connectivity index (χ1) is 9.56. The minimum Gasteiger partial charge on any atom is -0.334 e. The Morgan fingerprint density at radius 3 is 2.70 bits per heavy atom. The van der Waals surface area contributed by atoms with Crippen molar-refractivity contribution in [2.45, 2.75) is 20.4 Å². The lowest BCUT2D eigenvalue weighted by Crippen LogP contribution is -3.11. The summed E-state index contributed by atoms with van der Waals surface area (Å²) in [5.41, 5.74) is 0.350. The second kappa shape index (κ2) is 6.28. The van der Waals surface area contributed by atoms with Crippen molar-refractivity contribution in [1.29, 1.82) is 0 Å². The van der Waals surface area contributed by atoms with Crippen molar-refractivity contribution in [3.05, 3.63) is 39.1 Å². The van der Waals surface area contributed by atoms with Gasteiger partial charge in [0, 0.05) is 0 Å². The molecule has 0 fully saturated rings. The molecule has 20 heavy (non-hydrogen) atoms. The number of aromatic amines is 1. The van der Waals surface area contributed by atoms with E-state index in [0.717, 1.165) is 19.6 Å². The first kappa shape index (κ1) is 14.9. The van der Waals surface area contributed by atoms with E-state index in [9.17, 15) is 9.18 Å². The van der Waals surface area contributed by atoms with E-state index in [4.69, 9.17) is 12.2 Å². The summed E-state index contributed by atoms with van der Waals surface area (Å²) in [6.45, 7) is 7.59. The molecule has 0 spiro atoms. The standard InChI is InChI=1S/C14H18FN3OS/c1-3-17(4-2)7-8-18-13(19)11-9-10(15)5-6-12(11)16-14(18)20/h5-6,9H,3-4,7-8H2,1-2H3,(H,16,20)/p+1. The van der Waals surface area contributed by atoms with Crippen molar-refractivity contribution in [2.24, 2.45) is 0 Å². The lowest BCUT2D eigenvalue weighted by molar-refractivity contribution is -0.897. The molecule has 1 aromatic heterocycles. The molecule has 2 rings (SSSR count). The van der Waals surface area contributed by atoms with Crippen molar-refractivity contribution in [3.63, 3.8) is 0 Å². The minimum atomic E-state index is -0.416. The summed E-state index contributed by atoms with van der Waals surface area (Å²) in [4.78, 5) is 16.8. The van der Waals surface area contributed by atoms with Gasteiger partial charge in [-0.15, -0.1) is 0 Å². The van der Waals surface area contributed by atoms with Crippen molar-refractivity contribution >= 4 is 23.1 Å². The molecule has 0 saturated heterocycles. The number of likely N-dealkylation sites (N-methyl/N-ethyl adjacent to an activating group) is 1. The predicted octanol–water partition coefficient (Wildman–Crippen LogP) is 1.12. The van der Waals surface area contributed by atoms with Gasteiger partial charge in [0.2, 0.25) is 0 Å². The SMILES string of the molecule is CC[NH+](CC)CCn1c(=S)[nH]c2ccc(F)cc2c1=O. The van der Waals surface area contributed by atoms with Gasteiger partial charge in [-0.25, -0.2) is 4.39 Å². The first-order valence-electron chi connectivity index (χ1n) is 6.82. The van der Waals surface area contributed by atoms with E-state index in [-0.39, 0.29) is 5.56 Å². The fraction of sp³-hybridized carbons (Fsp3) is 0.429. The number of aromatic nitrogens is 2. The molecule has 0 radical (unpaired) electrons. The highest BCUT2D eigenvalue weighted by Crippen LogP contribution is 2.09. The third-order valence-corrected chi connectivity index (χ3v) is 3.96. The summed E-state index contributed by atoms with van der Waals surface area (Å²) in [6.07, 6.45) is 0. The van der Waals surface area contributed by atoms with E-state index in [1.807, 2.05) is 0 Å². The normalized spacial score (nSPS) is 11.4. The third kappa shape index (κ3) is 2.96. The van der Waals surface area contributed by atoms with Gasteiger partial charge < -0.3 is 9.88 Å². The average Bonchev–Trinajstić information content (AvgIpc) is 2.44. The zero-order valence-corrected chi connectivity index (χ0v) is 12.5. The third-order valence-electron chi connectivity index (χ3n) is 3.63. The van der Waals surface area contributed by atoms with Gasteiger partial charge in [0.1, 0.15) is 5.82 Å². The van der Waals surface area contributed by atoms with Crippen molar-refractivity contribution in [1.82, 2.24) is 9.55 Å². The highest BCUT2D eigenvalue weighted by molar-refractivity contribution is 7.71. The first-order valence-corrected chi connectivity index (χ1v) is 7.23. The molecule has 1 aromatic carbocycles. The van der Waals surface area contributed by atoms with Gasteiger partial charge in [-0.3, -0.25) is 9.36 Å². The molecule has 0 atom stereocenters. The number of hydrogen-bond acceptors (Lipinski definition) is 2. The lowest BCUT2D eigenvalue weighted by atomic mass is 10.2. The summed E-state index contributed by atoms with van der Waals surface area (Å²) in [5, 5.41) is 0.341. The van der Waals surface area contributed by atoms with Gasteiger partial charge in [-0.2, -0.15) is 0 Å². The van der Waals surface area contributed by atoms with Crippen LogP contribution in [0.3, 0.4) is 0 Å². The number of nitrogens with one attached hydrogen (secondary N) is 2. The molecule has 0 amide bonds. The van der Waals surface area contributed by atoms with E-state index in [1.54, 1.807) is 6.07 Å². The van der Waals surface area contributed by atoms with Crippen LogP contribution in [0.5, 0.6) is 0 Å². The Kier molecular flexibility index (Phi) is 4.67. The molecular formula is C14H19FN3OS+. The zero-order valence-electron chi connectivity index (χ0n) is 11.7. The summed E-state index contributed by atoms with van der Waals surface area (Å²) in [6, 6.07) is 4.11. The molecule has 0 unspecified atom stereocenters. The molecule has 0 bridgehead atoms. The quantitative estimate of drug-likeness (QED) is 0.812. The molecule has 1 heterocycles. The van der Waals surface area contributed by atoms with Crippen LogP contribution in [-0.2, 0) is 6.54 Å². The summed E-state index contributed by atoms with van der Waals surface area (Å²) < 4.78 is 15.2. The summed E-state index contributed by atoms with van der Waals surface area (Å²) >= 11 is 5.23. The molecule has 0 aliphatic heterocycles. The fourth-order valence-electron chi connectivity index (χ4n) is 2.30. The Bertz CT molecular complexity index is 718. The maximum atomic E-state index is 13.3. The van der Waals surface area contributed by atoms with Gasteiger partial charge in [-0.05, 0) is 44.3 Å². The van der Waals surface area contributed by atoms with Crippen LogP contribution in [0.15, 0.2) is 23.0 Å². The molecular weight excluding hydrogens is 277 g/mol. The Hall–Kier alpha value is -1.53. The minimum absolute atomic E-state index is 0.227. The second-order valence-electron chi connectivity index (χ2n) is 4.78. The van der Waals surface area contributed by atoms with Crippen molar-refractivity contribution in [2.75, 3.05) is 19.6 Å². The van der Waals surface area contributed by atoms with Crippen LogP contribution in [0.2, 0.25) is 0 Å². The Morgan fingerprint density at radius 2 is 2.05 bits per heavy atom. The molecule has 6 heteroatoms. The summed E-state index contributed by atoms with van der Waals surface area (Å²) in [5.74, 6) is -0.416. The molecule has 4 nitrogen and oxygen atoms in total. The van der Waals surface area contributed by atoms with E-state index in [0.29, 0.717) is 22.2 Å². The number of benzene rings is 1. The number of hydrogen-bond donors (Lipinski definition) is 2. The largest absolute Gasteiger partial charge is 0.334 e. The zero-order chi connectivity index (χ0) is 14.7. The second-order valence-corrected chi connectivity index (χ2v) is 5.17. The number of quaternary nitrogens is 1. The van der Waals surface area contributed by atoms with Crippen LogP contribution in [0.1, 0.15) is 13.8 Å². The number of H-pyrrole nitrogens is 1. The maximum absolute atomic E-state index is 13.3. The van der Waals surface area contributed by atoms with Crippen LogP contribution >= 0.6 is 12.2 Å². The predicted molar refractivity (Wildman–Crippen MR) is 80.3 cm³/mol. The molecule has 0 aliphatic carbocycles. The monoisotopic (exact) mass is 296 g/mol. The molecule has 0 aliphatic rings. The van der Waals surface area contributed by atoms with E-state index in [1.165, 1.54) is 21.6 Å². The van der Waals surface area contributed by atoms with Crippen LogP contribution < -0.4 is 10.5 Å². The van der Waals surface area contributed by atoms with Gasteiger partial charge in [0.15, 0.2) is 4.77 Å². The molecule has 0 saturated carbocycles.